The zero-order valence-corrected chi connectivity index (χ0v) is 19.8. The van der Waals surface area contributed by atoms with Gasteiger partial charge in [0.2, 0.25) is 16.0 Å². The average molecular weight is 485 g/mol. The number of hydrogen-bond acceptors (Lipinski definition) is 8. The van der Waals surface area contributed by atoms with Crippen molar-refractivity contribution >= 4 is 27.6 Å². The lowest BCUT2D eigenvalue weighted by Gasteiger charge is -2.36. The molecule has 2 aromatic rings. The van der Waals surface area contributed by atoms with E-state index < -0.39 is 16.1 Å². The normalized spacial score (nSPS) is 23.2. The fourth-order valence-corrected chi connectivity index (χ4v) is 5.60. The molecule has 1 unspecified atom stereocenters. The summed E-state index contributed by atoms with van der Waals surface area (Å²) in [5.41, 5.74) is 1.21. The molecule has 1 saturated heterocycles. The molecule has 0 spiro atoms. The number of halogens is 1. The third kappa shape index (κ3) is 5.23. The van der Waals surface area contributed by atoms with Gasteiger partial charge in [-0.15, -0.1) is 0 Å². The minimum absolute atomic E-state index is 0.0430. The average Bonchev–Trinajstić information content (AvgIpc) is 3.10. The van der Waals surface area contributed by atoms with Gasteiger partial charge in [-0.3, -0.25) is 4.68 Å². The first-order chi connectivity index (χ1) is 15.2. The van der Waals surface area contributed by atoms with Crippen molar-refractivity contribution in [3.63, 3.8) is 0 Å². The van der Waals surface area contributed by atoms with E-state index in [0.717, 1.165) is 43.8 Å². The Hall–Kier alpha value is -1.79. The molecule has 2 N–H and O–H groups in total. The molecule has 1 fully saturated rings. The first-order valence-corrected chi connectivity index (χ1v) is 13.1. The van der Waals surface area contributed by atoms with Crippen LogP contribution in [0.4, 0.5) is 5.95 Å². The second kappa shape index (κ2) is 9.60. The number of rotatable bonds is 7. The number of piperidine rings is 1. The third-order valence-electron chi connectivity index (χ3n) is 5.98. The van der Waals surface area contributed by atoms with Gasteiger partial charge in [0.25, 0.3) is 0 Å². The van der Waals surface area contributed by atoms with Crippen LogP contribution < -0.4 is 9.62 Å². The van der Waals surface area contributed by atoms with E-state index in [4.69, 9.17) is 16.3 Å². The minimum atomic E-state index is -3.41. The minimum Gasteiger partial charge on any atom is -0.387 e. The molecule has 0 radical (unpaired) electrons. The van der Waals surface area contributed by atoms with Crippen molar-refractivity contribution in [1.29, 1.82) is 0 Å². The molecule has 2 aliphatic rings. The topological polar surface area (TPSA) is 122 Å². The number of aromatic nitrogens is 4. The number of fused-ring (bicyclic) bond motifs is 1. The zero-order valence-electron chi connectivity index (χ0n) is 18.2. The summed E-state index contributed by atoms with van der Waals surface area (Å²) in [5.74, 6) is 0.720. The van der Waals surface area contributed by atoms with E-state index in [1.54, 1.807) is 30.1 Å². The lowest BCUT2D eigenvalue weighted by atomic mass is 9.98. The van der Waals surface area contributed by atoms with Gasteiger partial charge in [-0.2, -0.15) is 5.10 Å². The van der Waals surface area contributed by atoms with E-state index in [1.165, 1.54) is 0 Å². The Bertz CT molecular complexity index is 1020. The second-order valence-electron chi connectivity index (χ2n) is 8.44. The number of ether oxygens (including phenoxy) is 1. The van der Waals surface area contributed by atoms with Crippen LogP contribution in [0.2, 0.25) is 5.02 Å². The summed E-state index contributed by atoms with van der Waals surface area (Å²) < 4.78 is 34.6. The molecule has 4 rings (SSSR count). The van der Waals surface area contributed by atoms with E-state index in [2.05, 4.69) is 24.7 Å². The monoisotopic (exact) mass is 484 g/mol. The molecule has 4 heterocycles. The van der Waals surface area contributed by atoms with E-state index >= 15 is 0 Å². The number of nitrogens with one attached hydrogen (secondary N) is 1. The van der Waals surface area contributed by atoms with Crippen LogP contribution in [-0.4, -0.2) is 71.4 Å². The van der Waals surface area contributed by atoms with Crippen LogP contribution in [0, 0.1) is 0 Å². The molecule has 12 heteroatoms. The fraction of sp³-hybridized carbons (Fsp3) is 0.650. The number of nitrogens with zero attached hydrogens (tertiary/aromatic N) is 5. The third-order valence-corrected chi connectivity index (χ3v) is 7.12. The van der Waals surface area contributed by atoms with Gasteiger partial charge >= 0.3 is 0 Å². The van der Waals surface area contributed by atoms with Crippen molar-refractivity contribution in [3.8, 4) is 0 Å². The lowest BCUT2D eigenvalue weighted by Crippen LogP contribution is -2.47. The SMILES string of the molecule is CC(O)c1nn2c(c1Cl)CC[C@H](NS(C)(=O)=O)[C@@H]2COC1CCN(c2ncccn2)CC1. The van der Waals surface area contributed by atoms with Crippen molar-refractivity contribution in [3.05, 3.63) is 34.9 Å². The highest BCUT2D eigenvalue weighted by molar-refractivity contribution is 7.88. The van der Waals surface area contributed by atoms with Crippen molar-refractivity contribution in [1.82, 2.24) is 24.5 Å². The maximum Gasteiger partial charge on any atom is 0.225 e. The molecule has 2 aromatic heterocycles. The first-order valence-electron chi connectivity index (χ1n) is 10.8. The molecule has 0 aromatic carbocycles. The van der Waals surface area contributed by atoms with Crippen LogP contribution in [0.3, 0.4) is 0 Å². The number of sulfonamides is 1. The predicted octanol–water partition coefficient (Wildman–Crippen LogP) is 1.47. The summed E-state index contributed by atoms with van der Waals surface area (Å²) in [6, 6.07) is 1.07. The molecule has 0 amide bonds. The van der Waals surface area contributed by atoms with E-state index in [9.17, 15) is 13.5 Å². The van der Waals surface area contributed by atoms with Gasteiger partial charge in [0, 0.05) is 31.5 Å². The Morgan fingerprint density at radius 2 is 1.97 bits per heavy atom. The van der Waals surface area contributed by atoms with Crippen molar-refractivity contribution in [2.45, 2.75) is 56.9 Å². The van der Waals surface area contributed by atoms with Crippen LogP contribution in [0.1, 0.15) is 49.7 Å². The van der Waals surface area contributed by atoms with Crippen LogP contribution in [-0.2, 0) is 21.2 Å². The summed E-state index contributed by atoms with van der Waals surface area (Å²) in [6.45, 7) is 3.48. The Kier molecular flexibility index (Phi) is 7.01. The summed E-state index contributed by atoms with van der Waals surface area (Å²) in [4.78, 5) is 10.7. The van der Waals surface area contributed by atoms with Crippen molar-refractivity contribution < 1.29 is 18.3 Å². The number of aliphatic hydroxyl groups is 1. The Balaban J connectivity index is 1.46. The maximum absolute atomic E-state index is 11.9. The highest BCUT2D eigenvalue weighted by Gasteiger charge is 2.36. The van der Waals surface area contributed by atoms with Gasteiger partial charge in [-0.05, 0) is 38.7 Å². The molecule has 32 heavy (non-hydrogen) atoms. The van der Waals surface area contributed by atoms with E-state index in [0.29, 0.717) is 30.2 Å². The van der Waals surface area contributed by atoms with Gasteiger partial charge < -0.3 is 14.7 Å². The summed E-state index contributed by atoms with van der Waals surface area (Å²) in [7, 11) is -3.41. The zero-order chi connectivity index (χ0) is 22.9. The van der Waals surface area contributed by atoms with Gasteiger partial charge in [0.15, 0.2) is 0 Å². The fourth-order valence-electron chi connectivity index (χ4n) is 4.40. The number of aliphatic hydroxyl groups excluding tert-OH is 1. The molecule has 10 nitrogen and oxygen atoms in total. The molecule has 176 valence electrons. The standard InChI is InChI=1S/C20H29ClN6O4S/c1-13(28)19-18(21)16-5-4-15(25-32(2,29)30)17(27(16)24-19)12-31-14-6-10-26(11-7-14)20-22-8-3-9-23-20/h3,8-9,13-15,17,25,28H,4-7,10-12H2,1-2H3/t13?,15-,17-/m0/s1. The summed E-state index contributed by atoms with van der Waals surface area (Å²) >= 11 is 6.47. The maximum atomic E-state index is 11.9. The summed E-state index contributed by atoms with van der Waals surface area (Å²) in [6.07, 6.45) is 6.64. The second-order valence-corrected chi connectivity index (χ2v) is 10.6. The molecule has 0 aliphatic carbocycles. The molecule has 3 atom stereocenters. The van der Waals surface area contributed by atoms with Crippen LogP contribution >= 0.6 is 11.6 Å². The van der Waals surface area contributed by atoms with Crippen molar-refractivity contribution in [2.24, 2.45) is 0 Å². The quantitative estimate of drug-likeness (QED) is 0.605. The Labute approximate surface area is 193 Å². The van der Waals surface area contributed by atoms with Crippen LogP contribution in [0.15, 0.2) is 18.5 Å². The Morgan fingerprint density at radius 3 is 2.59 bits per heavy atom. The van der Waals surface area contributed by atoms with Crippen LogP contribution in [0.5, 0.6) is 0 Å². The van der Waals surface area contributed by atoms with Gasteiger partial charge in [0.1, 0.15) is 5.69 Å². The van der Waals surface area contributed by atoms with Gasteiger partial charge in [-0.1, -0.05) is 11.6 Å². The molecular weight excluding hydrogens is 456 g/mol. The van der Waals surface area contributed by atoms with E-state index in [1.807, 2.05) is 0 Å². The molecule has 0 saturated carbocycles. The van der Waals surface area contributed by atoms with Crippen LogP contribution in [0.25, 0.3) is 0 Å². The highest BCUT2D eigenvalue weighted by atomic mass is 35.5. The molecule has 2 aliphatic heterocycles. The van der Waals surface area contributed by atoms with E-state index in [-0.39, 0.29) is 18.2 Å². The molecular formula is C20H29ClN6O4S. The Morgan fingerprint density at radius 1 is 1.28 bits per heavy atom. The van der Waals surface area contributed by atoms with Gasteiger partial charge in [-0.25, -0.2) is 23.1 Å². The molecule has 0 bridgehead atoms. The van der Waals surface area contributed by atoms with Gasteiger partial charge in [0.05, 0.1) is 41.8 Å². The lowest BCUT2D eigenvalue weighted by molar-refractivity contribution is 0.00582. The predicted molar refractivity (Wildman–Crippen MR) is 120 cm³/mol. The summed E-state index contributed by atoms with van der Waals surface area (Å²) in [5, 5.41) is 15.0. The van der Waals surface area contributed by atoms with Crippen molar-refractivity contribution in [2.75, 3.05) is 30.9 Å². The smallest absolute Gasteiger partial charge is 0.225 e. The number of hydrogen-bond donors (Lipinski definition) is 2. The largest absolute Gasteiger partial charge is 0.387 e. The highest BCUT2D eigenvalue weighted by Crippen LogP contribution is 2.35. The first kappa shape index (κ1) is 23.4. The number of anilines is 1.